The summed E-state index contributed by atoms with van der Waals surface area (Å²) in [6, 6.07) is 15.1. The predicted molar refractivity (Wildman–Crippen MR) is 97.1 cm³/mol. The van der Waals surface area contributed by atoms with Crippen molar-refractivity contribution in [1.29, 1.82) is 0 Å². The quantitative estimate of drug-likeness (QED) is 0.701. The lowest BCUT2D eigenvalue weighted by molar-refractivity contribution is 0.0950. The van der Waals surface area contributed by atoms with E-state index in [1.165, 1.54) is 0 Å². The molecule has 120 valence electrons. The van der Waals surface area contributed by atoms with Gasteiger partial charge in [-0.05, 0) is 42.5 Å². The molecule has 24 heavy (non-hydrogen) atoms. The summed E-state index contributed by atoms with van der Waals surface area (Å²) < 4.78 is 1.01. The van der Waals surface area contributed by atoms with E-state index in [0.29, 0.717) is 12.1 Å². The highest BCUT2D eigenvalue weighted by Crippen LogP contribution is 2.19. The Hall–Kier alpha value is -2.73. The van der Waals surface area contributed by atoms with E-state index in [9.17, 15) is 4.79 Å². The minimum Gasteiger partial charge on any atom is -0.354 e. The average Bonchev–Trinajstić information content (AvgIpc) is 2.63. The lowest BCUT2D eigenvalue weighted by atomic mass is 10.2. The first-order valence-corrected chi connectivity index (χ1v) is 8.16. The summed E-state index contributed by atoms with van der Waals surface area (Å²) in [5, 5.41) is 6.06. The van der Waals surface area contributed by atoms with Gasteiger partial charge in [0.05, 0.1) is 29.7 Å². The van der Waals surface area contributed by atoms with Gasteiger partial charge in [-0.15, -0.1) is 0 Å². The van der Waals surface area contributed by atoms with E-state index >= 15 is 0 Å². The second-order valence-corrected chi connectivity index (χ2v) is 6.01. The van der Waals surface area contributed by atoms with Gasteiger partial charge >= 0.3 is 0 Å². The molecule has 0 saturated heterocycles. The first-order chi connectivity index (χ1) is 11.7. The molecule has 0 saturated carbocycles. The molecule has 3 aromatic rings. The Morgan fingerprint density at radius 2 is 1.88 bits per heavy atom. The number of nitrogens with zero attached hydrogens (tertiary/aromatic N) is 2. The van der Waals surface area contributed by atoms with Crippen LogP contribution in [0.4, 0.5) is 11.4 Å². The number of hydrogen-bond acceptors (Lipinski definition) is 4. The molecule has 2 N–H and O–H groups in total. The van der Waals surface area contributed by atoms with Crippen LogP contribution in [0.5, 0.6) is 0 Å². The van der Waals surface area contributed by atoms with Crippen molar-refractivity contribution in [3.63, 3.8) is 0 Å². The number of nitrogens with one attached hydrogen (secondary N) is 2. The third kappa shape index (κ3) is 4.39. The predicted octanol–water partition coefficient (Wildman–Crippen LogP) is 3.91. The molecule has 0 spiro atoms. The van der Waals surface area contributed by atoms with Crippen LogP contribution in [-0.2, 0) is 6.54 Å². The summed E-state index contributed by atoms with van der Waals surface area (Å²) in [6.45, 7) is 0.379. The Bertz CT molecular complexity index is 822. The number of pyridine rings is 2. The normalized spacial score (nSPS) is 10.2. The first-order valence-electron chi connectivity index (χ1n) is 7.36. The maximum absolute atomic E-state index is 12.3. The minimum absolute atomic E-state index is 0.187. The first kappa shape index (κ1) is 16.1. The largest absolute Gasteiger partial charge is 0.354 e. The van der Waals surface area contributed by atoms with Crippen LogP contribution in [-0.4, -0.2) is 15.9 Å². The molecule has 2 aromatic heterocycles. The minimum atomic E-state index is -0.187. The highest BCUT2D eigenvalue weighted by Gasteiger charge is 2.07. The van der Waals surface area contributed by atoms with E-state index in [1.54, 1.807) is 24.7 Å². The van der Waals surface area contributed by atoms with Crippen LogP contribution >= 0.6 is 15.9 Å². The Kier molecular flexibility index (Phi) is 5.18. The van der Waals surface area contributed by atoms with Crippen molar-refractivity contribution < 1.29 is 4.79 Å². The molecule has 0 bridgehead atoms. The van der Waals surface area contributed by atoms with Crippen molar-refractivity contribution in [3.05, 3.63) is 82.9 Å². The number of halogens is 1. The molecule has 0 fully saturated rings. The number of aromatic nitrogens is 2. The Labute approximate surface area is 148 Å². The molecule has 0 atom stereocenters. The van der Waals surface area contributed by atoms with Crippen molar-refractivity contribution in [3.8, 4) is 0 Å². The number of benzene rings is 1. The molecule has 0 unspecified atom stereocenters. The fraction of sp³-hybridized carbons (Fsp3) is 0.0556. The zero-order chi connectivity index (χ0) is 16.8. The molecular formula is C18H15BrN4O. The van der Waals surface area contributed by atoms with Crippen LogP contribution < -0.4 is 10.6 Å². The third-order valence-corrected chi connectivity index (χ3v) is 3.82. The van der Waals surface area contributed by atoms with Gasteiger partial charge in [-0.1, -0.05) is 22.0 Å². The van der Waals surface area contributed by atoms with Crippen LogP contribution in [0, 0.1) is 0 Å². The van der Waals surface area contributed by atoms with Gasteiger partial charge in [-0.25, -0.2) is 0 Å². The van der Waals surface area contributed by atoms with Gasteiger partial charge < -0.3 is 10.6 Å². The monoisotopic (exact) mass is 382 g/mol. The summed E-state index contributed by atoms with van der Waals surface area (Å²) in [6.07, 6.45) is 4.92. The summed E-state index contributed by atoms with van der Waals surface area (Å²) in [5.41, 5.74) is 2.98. The molecule has 5 nitrogen and oxygen atoms in total. The van der Waals surface area contributed by atoms with E-state index < -0.39 is 0 Å². The molecule has 3 rings (SSSR count). The van der Waals surface area contributed by atoms with Crippen molar-refractivity contribution in [2.75, 3.05) is 5.32 Å². The van der Waals surface area contributed by atoms with E-state index in [0.717, 1.165) is 21.5 Å². The highest BCUT2D eigenvalue weighted by atomic mass is 79.9. The van der Waals surface area contributed by atoms with Crippen molar-refractivity contribution in [1.82, 2.24) is 15.3 Å². The van der Waals surface area contributed by atoms with Crippen LogP contribution in [0.25, 0.3) is 0 Å². The van der Waals surface area contributed by atoms with Crippen LogP contribution in [0.3, 0.4) is 0 Å². The lowest BCUT2D eigenvalue weighted by Crippen LogP contribution is -2.23. The molecule has 0 radical (unpaired) electrons. The van der Waals surface area contributed by atoms with Gasteiger partial charge in [0.15, 0.2) is 0 Å². The van der Waals surface area contributed by atoms with Crippen LogP contribution in [0.15, 0.2) is 71.6 Å². The van der Waals surface area contributed by atoms with Crippen molar-refractivity contribution >= 4 is 33.2 Å². The standard InChI is InChI=1S/C18H15BrN4O/c19-14-4-6-15(7-5-14)23-17-9-13(10-20-11-17)18(24)22-12-16-3-1-2-8-21-16/h1-11,23H,12H2,(H,22,24). The SMILES string of the molecule is O=C(NCc1ccccn1)c1cncc(Nc2ccc(Br)cc2)c1. The fourth-order valence-corrected chi connectivity index (χ4v) is 2.37. The summed E-state index contributed by atoms with van der Waals surface area (Å²) in [5.74, 6) is -0.187. The Morgan fingerprint density at radius 3 is 2.62 bits per heavy atom. The number of anilines is 2. The number of amides is 1. The smallest absolute Gasteiger partial charge is 0.253 e. The van der Waals surface area contributed by atoms with Gasteiger partial charge in [0.2, 0.25) is 0 Å². The van der Waals surface area contributed by atoms with Crippen molar-refractivity contribution in [2.24, 2.45) is 0 Å². The van der Waals surface area contributed by atoms with Gasteiger partial charge in [-0.3, -0.25) is 14.8 Å². The fourth-order valence-electron chi connectivity index (χ4n) is 2.11. The summed E-state index contributed by atoms with van der Waals surface area (Å²) in [7, 11) is 0. The van der Waals surface area contributed by atoms with E-state index in [2.05, 4.69) is 36.5 Å². The number of carbonyl (C=O) groups excluding carboxylic acids is 1. The topological polar surface area (TPSA) is 66.9 Å². The number of hydrogen-bond donors (Lipinski definition) is 2. The molecule has 0 aliphatic heterocycles. The maximum atomic E-state index is 12.3. The van der Waals surface area contributed by atoms with E-state index in [1.807, 2.05) is 42.5 Å². The van der Waals surface area contributed by atoms with Gasteiger partial charge in [0.1, 0.15) is 0 Å². The summed E-state index contributed by atoms with van der Waals surface area (Å²) in [4.78, 5) is 20.6. The maximum Gasteiger partial charge on any atom is 0.253 e. The van der Waals surface area contributed by atoms with Crippen LogP contribution in [0.2, 0.25) is 0 Å². The van der Waals surface area contributed by atoms with E-state index in [4.69, 9.17) is 0 Å². The summed E-state index contributed by atoms with van der Waals surface area (Å²) >= 11 is 3.40. The Balaban J connectivity index is 1.65. The number of rotatable bonds is 5. The zero-order valence-corrected chi connectivity index (χ0v) is 14.3. The second kappa shape index (κ2) is 7.70. The zero-order valence-electron chi connectivity index (χ0n) is 12.7. The van der Waals surface area contributed by atoms with Crippen molar-refractivity contribution in [2.45, 2.75) is 6.54 Å². The average molecular weight is 383 g/mol. The number of carbonyl (C=O) groups is 1. The lowest BCUT2D eigenvalue weighted by Gasteiger charge is -2.08. The molecule has 6 heteroatoms. The van der Waals surface area contributed by atoms with E-state index in [-0.39, 0.29) is 5.91 Å². The Morgan fingerprint density at radius 1 is 1.04 bits per heavy atom. The highest BCUT2D eigenvalue weighted by molar-refractivity contribution is 9.10. The molecule has 1 aromatic carbocycles. The van der Waals surface area contributed by atoms with Crippen LogP contribution in [0.1, 0.15) is 16.1 Å². The van der Waals surface area contributed by atoms with Gasteiger partial charge in [-0.2, -0.15) is 0 Å². The second-order valence-electron chi connectivity index (χ2n) is 5.10. The third-order valence-electron chi connectivity index (χ3n) is 3.29. The molecule has 1 amide bonds. The van der Waals surface area contributed by atoms with Gasteiger partial charge in [0.25, 0.3) is 5.91 Å². The molecule has 0 aliphatic carbocycles. The molecule has 2 heterocycles. The van der Waals surface area contributed by atoms with Gasteiger partial charge in [0, 0.05) is 22.6 Å². The molecule has 0 aliphatic rings. The molecular weight excluding hydrogens is 368 g/mol.